The molecule has 1 amide bonds. The van der Waals surface area contributed by atoms with Gasteiger partial charge in [0.1, 0.15) is 6.61 Å². The van der Waals surface area contributed by atoms with E-state index in [-0.39, 0.29) is 29.7 Å². The predicted molar refractivity (Wildman–Crippen MR) is 108 cm³/mol. The molecule has 27 heavy (non-hydrogen) atoms. The number of amides is 1. The van der Waals surface area contributed by atoms with E-state index in [1.807, 2.05) is 18.2 Å². The number of nitro benzene ring substituents is 1. The summed E-state index contributed by atoms with van der Waals surface area (Å²) in [4.78, 5) is 25.6. The van der Waals surface area contributed by atoms with Crippen molar-refractivity contribution in [1.29, 1.82) is 0 Å². The van der Waals surface area contributed by atoms with E-state index >= 15 is 0 Å². The number of ether oxygens (including phenoxy) is 1. The minimum atomic E-state index is -0.456. The van der Waals surface area contributed by atoms with Gasteiger partial charge in [-0.05, 0) is 36.2 Å². The number of non-ortho nitro benzene ring substituents is 1. The van der Waals surface area contributed by atoms with Crippen molar-refractivity contribution in [3.8, 4) is 0 Å². The summed E-state index contributed by atoms with van der Waals surface area (Å²) in [6.07, 6.45) is 0.457. The Morgan fingerprint density at radius 2 is 1.93 bits per heavy atom. The van der Waals surface area contributed by atoms with Crippen LogP contribution in [0.4, 0.5) is 10.5 Å². The number of carbonyl (C=O) groups excluding carboxylic acids is 1. The zero-order chi connectivity index (χ0) is 19.2. The molecular weight excluding hydrogens is 384 g/mol. The molecule has 0 N–H and O–H groups in total. The van der Waals surface area contributed by atoms with E-state index in [0.717, 1.165) is 12.2 Å². The molecule has 2 atom stereocenters. The number of benzene rings is 2. The molecule has 0 unspecified atom stereocenters. The standard InChI is InChI=1S/C19H20N2O4S2/c22-19(25-12-14-6-8-15(9-7-14)21(23)24)20-11-17(26)10-16(20)13-27-18-4-2-1-3-5-18/h1-9,16-17,26H,10-13H2/t16-,17-/m0/s1. The largest absolute Gasteiger partial charge is 0.445 e. The van der Waals surface area contributed by atoms with Crippen molar-refractivity contribution in [2.24, 2.45) is 0 Å². The third kappa shape index (κ3) is 5.40. The maximum Gasteiger partial charge on any atom is 0.410 e. The first-order chi connectivity index (χ1) is 13.0. The monoisotopic (exact) mass is 404 g/mol. The van der Waals surface area contributed by atoms with Gasteiger partial charge < -0.3 is 9.64 Å². The van der Waals surface area contributed by atoms with Crippen molar-refractivity contribution in [2.75, 3.05) is 12.3 Å². The molecular formula is C19H20N2O4S2. The van der Waals surface area contributed by atoms with Crippen LogP contribution in [0.25, 0.3) is 0 Å². The lowest BCUT2D eigenvalue weighted by molar-refractivity contribution is -0.384. The zero-order valence-electron chi connectivity index (χ0n) is 14.6. The normalized spacial score (nSPS) is 19.1. The number of thiol groups is 1. The van der Waals surface area contributed by atoms with E-state index in [2.05, 4.69) is 24.8 Å². The van der Waals surface area contributed by atoms with Gasteiger partial charge >= 0.3 is 6.09 Å². The van der Waals surface area contributed by atoms with Gasteiger partial charge in [0.25, 0.3) is 5.69 Å². The van der Waals surface area contributed by atoms with Gasteiger partial charge in [0.15, 0.2) is 0 Å². The van der Waals surface area contributed by atoms with Gasteiger partial charge in [0, 0.05) is 40.6 Å². The van der Waals surface area contributed by atoms with Crippen LogP contribution in [0.15, 0.2) is 59.5 Å². The molecule has 2 aromatic carbocycles. The first-order valence-electron chi connectivity index (χ1n) is 8.55. The topological polar surface area (TPSA) is 72.7 Å². The molecule has 1 fully saturated rings. The van der Waals surface area contributed by atoms with E-state index in [1.165, 1.54) is 17.0 Å². The number of likely N-dealkylation sites (tertiary alicyclic amines) is 1. The van der Waals surface area contributed by atoms with Crippen LogP contribution in [0.5, 0.6) is 0 Å². The molecule has 8 heteroatoms. The van der Waals surface area contributed by atoms with Gasteiger partial charge in [-0.25, -0.2) is 4.79 Å². The van der Waals surface area contributed by atoms with Crippen LogP contribution in [-0.4, -0.2) is 39.5 Å². The van der Waals surface area contributed by atoms with Crippen LogP contribution < -0.4 is 0 Å². The molecule has 0 aliphatic carbocycles. The van der Waals surface area contributed by atoms with Gasteiger partial charge in [0.05, 0.1) is 4.92 Å². The van der Waals surface area contributed by atoms with Gasteiger partial charge in [-0.15, -0.1) is 11.8 Å². The summed E-state index contributed by atoms with van der Waals surface area (Å²) >= 11 is 6.24. The molecule has 142 valence electrons. The fourth-order valence-electron chi connectivity index (χ4n) is 2.92. The van der Waals surface area contributed by atoms with Gasteiger partial charge in [-0.3, -0.25) is 10.1 Å². The summed E-state index contributed by atoms with van der Waals surface area (Å²) in [6, 6.07) is 16.1. The summed E-state index contributed by atoms with van der Waals surface area (Å²) in [6.45, 7) is 0.644. The molecule has 0 radical (unpaired) electrons. The zero-order valence-corrected chi connectivity index (χ0v) is 16.3. The first-order valence-corrected chi connectivity index (χ1v) is 10.1. The van der Waals surface area contributed by atoms with E-state index in [9.17, 15) is 14.9 Å². The summed E-state index contributed by atoms with van der Waals surface area (Å²) in [5, 5.41) is 10.8. The van der Waals surface area contributed by atoms with Crippen molar-refractivity contribution in [3.05, 3.63) is 70.3 Å². The van der Waals surface area contributed by atoms with Crippen molar-refractivity contribution < 1.29 is 14.5 Å². The lowest BCUT2D eigenvalue weighted by Gasteiger charge is -2.23. The maximum atomic E-state index is 12.5. The van der Waals surface area contributed by atoms with Crippen molar-refractivity contribution in [1.82, 2.24) is 4.90 Å². The molecule has 0 spiro atoms. The van der Waals surface area contributed by atoms with Crippen LogP contribution in [0.3, 0.4) is 0 Å². The van der Waals surface area contributed by atoms with Crippen LogP contribution >= 0.6 is 24.4 Å². The molecule has 1 saturated heterocycles. The second-order valence-corrected chi connectivity index (χ2v) is 8.12. The summed E-state index contributed by atoms with van der Waals surface area (Å²) in [5.74, 6) is 0.785. The highest BCUT2D eigenvalue weighted by molar-refractivity contribution is 7.99. The van der Waals surface area contributed by atoms with Crippen LogP contribution in [0.2, 0.25) is 0 Å². The second-order valence-electron chi connectivity index (χ2n) is 6.30. The lowest BCUT2D eigenvalue weighted by atomic mass is 10.2. The quantitative estimate of drug-likeness (QED) is 0.334. The Hall–Kier alpha value is -2.19. The minimum Gasteiger partial charge on any atom is -0.445 e. The molecule has 0 aromatic heterocycles. The van der Waals surface area contributed by atoms with Gasteiger partial charge in [0.2, 0.25) is 0 Å². The number of nitro groups is 1. The molecule has 2 aromatic rings. The summed E-state index contributed by atoms with van der Waals surface area (Å²) in [5.41, 5.74) is 0.728. The Morgan fingerprint density at radius 1 is 1.22 bits per heavy atom. The number of hydrogen-bond donors (Lipinski definition) is 1. The van der Waals surface area contributed by atoms with Crippen molar-refractivity contribution in [2.45, 2.75) is 29.2 Å². The molecule has 1 aliphatic heterocycles. The lowest BCUT2D eigenvalue weighted by Crippen LogP contribution is -2.37. The number of thioether (sulfide) groups is 1. The molecule has 1 heterocycles. The van der Waals surface area contributed by atoms with E-state index in [4.69, 9.17) is 4.74 Å². The SMILES string of the molecule is O=C(OCc1ccc([N+](=O)[O-])cc1)N1C[C@@H](S)C[C@H]1CSc1ccccc1. The van der Waals surface area contributed by atoms with Gasteiger partial charge in [-0.1, -0.05) is 18.2 Å². The number of carbonyl (C=O) groups is 1. The summed E-state index contributed by atoms with van der Waals surface area (Å²) < 4.78 is 5.42. The molecule has 6 nitrogen and oxygen atoms in total. The minimum absolute atomic E-state index is 0.0144. The third-order valence-corrected chi connectivity index (χ3v) is 5.85. The number of rotatable bonds is 6. The summed E-state index contributed by atoms with van der Waals surface area (Å²) in [7, 11) is 0. The molecule has 0 saturated carbocycles. The Kier molecular flexibility index (Phi) is 6.63. The fraction of sp³-hybridized carbons (Fsp3) is 0.316. The second kappa shape index (κ2) is 9.14. The van der Waals surface area contributed by atoms with Crippen molar-refractivity contribution >= 4 is 36.2 Å². The van der Waals surface area contributed by atoms with E-state index in [1.54, 1.807) is 28.8 Å². The predicted octanol–water partition coefficient (Wildman–Crippen LogP) is 4.40. The third-order valence-electron chi connectivity index (χ3n) is 4.32. The van der Waals surface area contributed by atoms with Crippen LogP contribution in [0.1, 0.15) is 12.0 Å². The highest BCUT2D eigenvalue weighted by Gasteiger charge is 2.34. The average molecular weight is 405 g/mol. The number of hydrogen-bond acceptors (Lipinski definition) is 6. The first kappa shape index (κ1) is 19.6. The Balaban J connectivity index is 1.54. The fourth-order valence-corrected chi connectivity index (χ4v) is 4.39. The van der Waals surface area contributed by atoms with Gasteiger partial charge in [-0.2, -0.15) is 12.6 Å². The van der Waals surface area contributed by atoms with E-state index < -0.39 is 4.92 Å². The highest BCUT2D eigenvalue weighted by atomic mass is 32.2. The van der Waals surface area contributed by atoms with Crippen molar-refractivity contribution in [3.63, 3.8) is 0 Å². The average Bonchev–Trinajstić information content (AvgIpc) is 3.06. The smallest absolute Gasteiger partial charge is 0.410 e. The Bertz CT molecular complexity index is 786. The van der Waals surface area contributed by atoms with Crippen LogP contribution in [-0.2, 0) is 11.3 Å². The van der Waals surface area contributed by atoms with E-state index in [0.29, 0.717) is 12.1 Å². The Labute approximate surface area is 167 Å². The van der Waals surface area contributed by atoms with Crippen LogP contribution in [0, 0.1) is 10.1 Å². The Morgan fingerprint density at radius 3 is 2.59 bits per heavy atom. The molecule has 1 aliphatic rings. The molecule has 0 bridgehead atoms. The highest BCUT2D eigenvalue weighted by Crippen LogP contribution is 2.28. The number of nitrogens with zero attached hydrogens (tertiary/aromatic N) is 2. The maximum absolute atomic E-state index is 12.5. The molecule has 3 rings (SSSR count).